The molecule has 0 aliphatic carbocycles. The number of phenolic OH excluding ortho intramolecular Hbond substituents is 5. The van der Waals surface area contributed by atoms with Gasteiger partial charge in [-0.15, -0.1) is 0 Å². The molecule has 1 saturated heterocycles. The van der Waals surface area contributed by atoms with Crippen molar-refractivity contribution in [2.24, 2.45) is 0 Å². The van der Waals surface area contributed by atoms with Crippen molar-refractivity contribution in [1.82, 2.24) is 0 Å². The number of carboxylic acid groups (broad SMARTS) is 1. The second kappa shape index (κ2) is 10.7. The Balaban J connectivity index is 1.72. The van der Waals surface area contributed by atoms with E-state index in [-0.39, 0.29) is 33.8 Å². The summed E-state index contributed by atoms with van der Waals surface area (Å²) >= 11 is 0. The number of phenols is 5. The Labute approximate surface area is 217 Å². The van der Waals surface area contributed by atoms with Crippen molar-refractivity contribution in [3.8, 4) is 45.8 Å². The van der Waals surface area contributed by atoms with Crippen LogP contribution in [0.3, 0.4) is 0 Å². The van der Waals surface area contributed by atoms with Crippen molar-refractivity contribution in [2.45, 2.75) is 37.1 Å². The molecule has 0 saturated carbocycles. The van der Waals surface area contributed by atoms with Crippen LogP contribution in [-0.2, 0) is 19.1 Å². The lowest BCUT2D eigenvalue weighted by Crippen LogP contribution is -2.60. The van der Waals surface area contributed by atoms with Crippen LogP contribution in [-0.4, -0.2) is 95.2 Å². The number of carboxylic acids is 1. The first-order valence-electron chi connectivity index (χ1n) is 11.2. The molecule has 2 heterocycles. The summed E-state index contributed by atoms with van der Waals surface area (Å²) in [5.74, 6) is -6.37. The topological polar surface area (TPSA) is 255 Å². The van der Waals surface area contributed by atoms with Gasteiger partial charge < -0.3 is 60.2 Å². The number of esters is 1. The van der Waals surface area contributed by atoms with E-state index in [2.05, 4.69) is 0 Å². The molecule has 15 nitrogen and oxygen atoms in total. The lowest BCUT2D eigenvalue weighted by Gasteiger charge is -2.39. The fourth-order valence-corrected chi connectivity index (χ4v) is 3.83. The number of aliphatic hydroxyl groups excluding tert-OH is 3. The minimum absolute atomic E-state index is 0.0104. The Morgan fingerprint density at radius 3 is 2.18 bits per heavy atom. The molecule has 3 aromatic rings. The Hall–Kier alpha value is -4.57. The molecule has 9 N–H and O–H groups in total. The molecule has 0 spiro atoms. The van der Waals surface area contributed by atoms with Crippen molar-refractivity contribution < 1.29 is 74.2 Å². The van der Waals surface area contributed by atoms with Crippen molar-refractivity contribution in [3.63, 3.8) is 0 Å². The molecule has 0 amide bonds. The summed E-state index contributed by atoms with van der Waals surface area (Å²) in [4.78, 5) is 22.2. The van der Waals surface area contributed by atoms with Crippen LogP contribution in [0.5, 0.6) is 34.5 Å². The van der Waals surface area contributed by atoms with Crippen molar-refractivity contribution in [2.75, 3.05) is 6.61 Å². The average molecular weight is 551 g/mol. The SMILES string of the molecule is O=C(O)CC(=O)OC[C@H]1O[C@@H](Oc2cc3c(O)cc(O)cc3[o+]c2-c2cc(O)c(O)c(O)c2)[C@H](O)[C@@H](O)[C@@H]1O. The zero-order chi connectivity index (χ0) is 28.6. The normalized spacial score (nSPS) is 22.9. The highest BCUT2D eigenvalue weighted by atomic mass is 16.7. The molecular weight excluding hydrogens is 528 g/mol. The molecule has 1 fully saturated rings. The molecule has 208 valence electrons. The summed E-state index contributed by atoms with van der Waals surface area (Å²) in [5.41, 5.74) is -0.182. The van der Waals surface area contributed by atoms with Gasteiger partial charge in [0.25, 0.3) is 0 Å². The van der Waals surface area contributed by atoms with Gasteiger partial charge in [-0.3, -0.25) is 9.59 Å². The number of aliphatic hydroxyl groups is 3. The van der Waals surface area contributed by atoms with Crippen LogP contribution in [0.1, 0.15) is 6.42 Å². The second-order valence-corrected chi connectivity index (χ2v) is 8.57. The standard InChI is InChI=1S/C24H22O15/c25-9-3-11(26)10-5-15(23(37-14(10)4-9)8-1-12(27)19(32)13(28)2-8)38-24-22(35)21(34)20(33)16(39-24)7-36-18(31)6-17(29)30/h1-5,16,20-22,24,33-35H,6-7H2,(H5-,25,26,27,28,29,30,32)/p+1/t16-,20-,21+,22-,24-/m1/s1. The van der Waals surface area contributed by atoms with Gasteiger partial charge in [0.15, 0.2) is 17.2 Å². The summed E-state index contributed by atoms with van der Waals surface area (Å²) in [6.45, 7) is -0.717. The van der Waals surface area contributed by atoms with Crippen LogP contribution in [0.2, 0.25) is 0 Å². The lowest BCUT2D eigenvalue weighted by molar-refractivity contribution is -0.278. The number of fused-ring (bicyclic) bond motifs is 1. The van der Waals surface area contributed by atoms with E-state index in [1.165, 1.54) is 6.07 Å². The highest BCUT2D eigenvalue weighted by molar-refractivity contribution is 5.90. The molecule has 5 atom stereocenters. The number of aromatic hydroxyl groups is 5. The summed E-state index contributed by atoms with van der Waals surface area (Å²) < 4.78 is 21.7. The Kier molecular flexibility index (Phi) is 7.51. The van der Waals surface area contributed by atoms with E-state index in [9.17, 15) is 50.4 Å². The van der Waals surface area contributed by atoms with Crippen LogP contribution in [0.4, 0.5) is 0 Å². The number of hydrogen-bond acceptors (Lipinski definition) is 13. The second-order valence-electron chi connectivity index (χ2n) is 8.57. The number of rotatable bonds is 7. The van der Waals surface area contributed by atoms with Gasteiger partial charge in [0.1, 0.15) is 54.3 Å². The average Bonchev–Trinajstić information content (AvgIpc) is 2.86. The maximum Gasteiger partial charge on any atom is 0.402 e. The van der Waals surface area contributed by atoms with E-state index in [0.29, 0.717) is 0 Å². The third-order valence-corrected chi connectivity index (χ3v) is 5.76. The van der Waals surface area contributed by atoms with Crippen LogP contribution in [0, 0.1) is 0 Å². The number of carbonyl (C=O) groups is 2. The summed E-state index contributed by atoms with van der Waals surface area (Å²) in [6.07, 6.45) is -9.81. The van der Waals surface area contributed by atoms with Gasteiger partial charge in [-0.25, -0.2) is 4.42 Å². The van der Waals surface area contributed by atoms with Gasteiger partial charge in [0.2, 0.25) is 12.0 Å². The monoisotopic (exact) mass is 551 g/mol. The van der Waals surface area contributed by atoms with E-state index in [1.807, 2.05) is 0 Å². The smallest absolute Gasteiger partial charge is 0.402 e. The van der Waals surface area contributed by atoms with E-state index in [4.69, 9.17) is 23.7 Å². The minimum Gasteiger partial charge on any atom is -0.507 e. The van der Waals surface area contributed by atoms with Crippen molar-refractivity contribution in [3.05, 3.63) is 30.3 Å². The zero-order valence-electron chi connectivity index (χ0n) is 19.7. The fourth-order valence-electron chi connectivity index (χ4n) is 3.83. The van der Waals surface area contributed by atoms with Gasteiger partial charge in [-0.05, 0) is 0 Å². The Bertz CT molecular complexity index is 1400. The van der Waals surface area contributed by atoms with E-state index in [1.54, 1.807) is 0 Å². The van der Waals surface area contributed by atoms with Gasteiger partial charge in [-0.1, -0.05) is 0 Å². The number of hydrogen-bond donors (Lipinski definition) is 9. The van der Waals surface area contributed by atoms with Gasteiger partial charge >= 0.3 is 23.3 Å². The van der Waals surface area contributed by atoms with Crippen LogP contribution >= 0.6 is 0 Å². The Morgan fingerprint density at radius 2 is 1.54 bits per heavy atom. The first kappa shape index (κ1) is 27.5. The van der Waals surface area contributed by atoms with Crippen LogP contribution in [0.15, 0.2) is 34.7 Å². The molecule has 15 heteroatoms. The molecule has 1 aliphatic rings. The maximum atomic E-state index is 11.6. The predicted octanol–water partition coefficient (Wildman–Crippen LogP) is 0.113. The van der Waals surface area contributed by atoms with E-state index in [0.717, 1.165) is 24.3 Å². The molecule has 1 aliphatic heterocycles. The van der Waals surface area contributed by atoms with Crippen molar-refractivity contribution >= 4 is 22.9 Å². The third kappa shape index (κ3) is 5.65. The zero-order valence-corrected chi connectivity index (χ0v) is 19.7. The Morgan fingerprint density at radius 1 is 0.872 bits per heavy atom. The van der Waals surface area contributed by atoms with Gasteiger partial charge in [0.05, 0.1) is 11.6 Å². The van der Waals surface area contributed by atoms with Crippen LogP contribution in [0.25, 0.3) is 22.3 Å². The van der Waals surface area contributed by atoms with E-state index >= 15 is 0 Å². The molecule has 39 heavy (non-hydrogen) atoms. The lowest BCUT2D eigenvalue weighted by atomic mass is 9.99. The minimum atomic E-state index is -1.90. The highest BCUT2D eigenvalue weighted by Gasteiger charge is 2.46. The third-order valence-electron chi connectivity index (χ3n) is 5.76. The number of benzene rings is 2. The number of carbonyl (C=O) groups excluding carboxylic acids is 1. The van der Waals surface area contributed by atoms with Gasteiger partial charge in [-0.2, -0.15) is 0 Å². The van der Waals surface area contributed by atoms with Crippen LogP contribution < -0.4 is 4.74 Å². The summed E-state index contributed by atoms with van der Waals surface area (Å²) in [5, 5.41) is 89.6. The fraction of sp³-hybridized carbons (Fsp3) is 0.292. The maximum absolute atomic E-state index is 11.6. The molecule has 1 aromatic heterocycles. The predicted molar refractivity (Wildman–Crippen MR) is 125 cm³/mol. The first-order valence-corrected chi connectivity index (χ1v) is 11.2. The molecular formula is C24H23O15+. The quantitative estimate of drug-likeness (QED) is 0.0817. The molecule has 2 aromatic carbocycles. The molecule has 0 bridgehead atoms. The summed E-state index contributed by atoms with van der Waals surface area (Å²) in [6, 6.07) is 5.27. The van der Waals surface area contributed by atoms with E-state index < -0.39 is 78.7 Å². The highest BCUT2D eigenvalue weighted by Crippen LogP contribution is 2.44. The summed E-state index contributed by atoms with van der Waals surface area (Å²) in [7, 11) is 0. The molecule has 4 rings (SSSR count). The molecule has 0 radical (unpaired) electrons. The van der Waals surface area contributed by atoms with Gasteiger partial charge in [0, 0.05) is 24.3 Å². The van der Waals surface area contributed by atoms with Crippen molar-refractivity contribution in [1.29, 1.82) is 0 Å². The first-order chi connectivity index (χ1) is 18.3. The number of ether oxygens (including phenoxy) is 3. The molecule has 0 unspecified atom stereocenters. The largest absolute Gasteiger partial charge is 0.507 e. The number of aliphatic carboxylic acids is 1.